The summed E-state index contributed by atoms with van der Waals surface area (Å²) in [5.41, 5.74) is -0.720. The highest BCUT2D eigenvalue weighted by molar-refractivity contribution is 5.98. The fourth-order valence-electron chi connectivity index (χ4n) is 2.02. The van der Waals surface area contributed by atoms with Crippen LogP contribution in [0.2, 0.25) is 0 Å². The maximum absolute atomic E-state index is 12.1. The SMILES string of the molecule is CC1(C)C(=O)CCCN1C(=O)c1ccco1. The van der Waals surface area contributed by atoms with Gasteiger partial charge in [-0.05, 0) is 32.4 Å². The van der Waals surface area contributed by atoms with Crippen LogP contribution < -0.4 is 0 Å². The Labute approximate surface area is 94.2 Å². The lowest BCUT2D eigenvalue weighted by molar-refractivity contribution is -0.130. The first-order valence-electron chi connectivity index (χ1n) is 5.42. The molecule has 1 saturated heterocycles. The highest BCUT2D eigenvalue weighted by Crippen LogP contribution is 2.26. The second-order valence-corrected chi connectivity index (χ2v) is 4.52. The summed E-state index contributed by atoms with van der Waals surface area (Å²) in [4.78, 5) is 25.5. The molecule has 0 unspecified atom stereocenters. The van der Waals surface area contributed by atoms with Crippen molar-refractivity contribution in [1.29, 1.82) is 0 Å². The molecule has 0 atom stereocenters. The summed E-state index contributed by atoms with van der Waals surface area (Å²) in [6.07, 6.45) is 2.75. The van der Waals surface area contributed by atoms with Crippen molar-refractivity contribution in [3.8, 4) is 0 Å². The third-order valence-corrected chi connectivity index (χ3v) is 3.12. The van der Waals surface area contributed by atoms with Gasteiger partial charge in [0.2, 0.25) is 0 Å². The lowest BCUT2D eigenvalue weighted by Gasteiger charge is -2.40. The normalized spacial score (nSPS) is 19.9. The van der Waals surface area contributed by atoms with Gasteiger partial charge in [-0.3, -0.25) is 9.59 Å². The molecule has 0 N–H and O–H groups in total. The number of amides is 1. The minimum Gasteiger partial charge on any atom is -0.459 e. The molecule has 86 valence electrons. The molecule has 1 amide bonds. The van der Waals surface area contributed by atoms with E-state index in [9.17, 15) is 9.59 Å². The highest BCUT2D eigenvalue weighted by atomic mass is 16.3. The highest BCUT2D eigenvalue weighted by Gasteiger charge is 2.40. The second-order valence-electron chi connectivity index (χ2n) is 4.52. The molecule has 0 aliphatic carbocycles. The number of likely N-dealkylation sites (tertiary alicyclic amines) is 1. The molecule has 0 spiro atoms. The molecular formula is C12H15NO3. The zero-order valence-corrected chi connectivity index (χ0v) is 9.53. The van der Waals surface area contributed by atoms with Gasteiger partial charge in [0.25, 0.3) is 5.91 Å². The van der Waals surface area contributed by atoms with Crippen LogP contribution in [-0.4, -0.2) is 28.7 Å². The summed E-state index contributed by atoms with van der Waals surface area (Å²) in [6.45, 7) is 4.18. The smallest absolute Gasteiger partial charge is 0.290 e. The van der Waals surface area contributed by atoms with Crippen LogP contribution in [0.15, 0.2) is 22.8 Å². The molecule has 0 radical (unpaired) electrons. The number of nitrogens with zero attached hydrogens (tertiary/aromatic N) is 1. The van der Waals surface area contributed by atoms with E-state index in [1.807, 2.05) is 0 Å². The number of hydrogen-bond acceptors (Lipinski definition) is 3. The minimum atomic E-state index is -0.720. The van der Waals surface area contributed by atoms with Gasteiger partial charge in [0.1, 0.15) is 0 Å². The van der Waals surface area contributed by atoms with Gasteiger partial charge in [-0.1, -0.05) is 0 Å². The summed E-state index contributed by atoms with van der Waals surface area (Å²) >= 11 is 0. The number of carbonyl (C=O) groups excluding carboxylic acids is 2. The number of rotatable bonds is 1. The number of ketones is 1. The van der Waals surface area contributed by atoms with Crippen molar-refractivity contribution >= 4 is 11.7 Å². The van der Waals surface area contributed by atoms with Crippen LogP contribution in [0.5, 0.6) is 0 Å². The van der Waals surface area contributed by atoms with Crippen molar-refractivity contribution in [1.82, 2.24) is 4.90 Å². The van der Waals surface area contributed by atoms with Crippen LogP contribution in [0.1, 0.15) is 37.2 Å². The fourth-order valence-corrected chi connectivity index (χ4v) is 2.02. The number of piperidine rings is 1. The summed E-state index contributed by atoms with van der Waals surface area (Å²) < 4.78 is 5.07. The standard InChI is InChI=1S/C12H15NO3/c1-12(2)10(14)6-3-7-13(12)11(15)9-5-4-8-16-9/h4-5,8H,3,6-7H2,1-2H3. The first-order chi connectivity index (χ1) is 7.53. The maximum atomic E-state index is 12.1. The lowest BCUT2D eigenvalue weighted by atomic mass is 9.88. The molecule has 0 bridgehead atoms. The average Bonchev–Trinajstić information content (AvgIpc) is 2.74. The molecule has 0 saturated carbocycles. The predicted octanol–water partition coefficient (Wildman–Crippen LogP) is 1.86. The molecule has 1 aliphatic heterocycles. The van der Waals surface area contributed by atoms with Gasteiger partial charge < -0.3 is 9.32 Å². The zero-order valence-electron chi connectivity index (χ0n) is 9.53. The molecule has 2 rings (SSSR count). The van der Waals surface area contributed by atoms with Crippen LogP contribution in [-0.2, 0) is 4.79 Å². The van der Waals surface area contributed by atoms with E-state index in [2.05, 4.69) is 0 Å². The van der Waals surface area contributed by atoms with E-state index in [0.29, 0.717) is 18.7 Å². The van der Waals surface area contributed by atoms with Crippen molar-refractivity contribution in [3.63, 3.8) is 0 Å². The predicted molar refractivity (Wildman–Crippen MR) is 58.1 cm³/mol. The third-order valence-electron chi connectivity index (χ3n) is 3.12. The second kappa shape index (κ2) is 3.77. The van der Waals surface area contributed by atoms with Crippen molar-refractivity contribution in [2.75, 3.05) is 6.54 Å². The molecule has 1 fully saturated rings. The number of furan rings is 1. The van der Waals surface area contributed by atoms with E-state index in [1.165, 1.54) is 6.26 Å². The Hall–Kier alpha value is -1.58. The van der Waals surface area contributed by atoms with Gasteiger partial charge in [-0.25, -0.2) is 0 Å². The monoisotopic (exact) mass is 221 g/mol. The molecule has 1 aliphatic rings. The van der Waals surface area contributed by atoms with Crippen LogP contribution in [0, 0.1) is 0 Å². The van der Waals surface area contributed by atoms with Crippen molar-refractivity contribution in [2.45, 2.75) is 32.2 Å². The first kappa shape index (κ1) is 10.9. The Kier molecular flexibility index (Phi) is 2.58. The van der Waals surface area contributed by atoms with Crippen molar-refractivity contribution in [2.24, 2.45) is 0 Å². The Bertz CT molecular complexity index is 406. The largest absolute Gasteiger partial charge is 0.459 e. The average molecular weight is 221 g/mol. The number of carbonyl (C=O) groups is 2. The Morgan fingerprint density at radius 3 is 2.88 bits per heavy atom. The molecular weight excluding hydrogens is 206 g/mol. The Morgan fingerprint density at radius 2 is 2.25 bits per heavy atom. The lowest BCUT2D eigenvalue weighted by Crippen LogP contribution is -2.56. The van der Waals surface area contributed by atoms with Crippen LogP contribution >= 0.6 is 0 Å². The van der Waals surface area contributed by atoms with E-state index < -0.39 is 5.54 Å². The molecule has 16 heavy (non-hydrogen) atoms. The minimum absolute atomic E-state index is 0.110. The summed E-state index contributed by atoms with van der Waals surface area (Å²) in [5.74, 6) is 0.199. The van der Waals surface area contributed by atoms with Crippen LogP contribution in [0.3, 0.4) is 0 Å². The van der Waals surface area contributed by atoms with Gasteiger partial charge in [0.15, 0.2) is 11.5 Å². The van der Waals surface area contributed by atoms with E-state index >= 15 is 0 Å². The number of Topliss-reactive ketones (excluding diaryl/α,β-unsaturated/α-hetero) is 1. The van der Waals surface area contributed by atoms with Gasteiger partial charge >= 0.3 is 0 Å². The quantitative estimate of drug-likeness (QED) is 0.727. The molecule has 1 aromatic heterocycles. The molecule has 1 aromatic rings. The van der Waals surface area contributed by atoms with Gasteiger partial charge in [-0.15, -0.1) is 0 Å². The zero-order chi connectivity index (χ0) is 11.8. The third kappa shape index (κ3) is 1.64. The van der Waals surface area contributed by atoms with Crippen LogP contribution in [0.25, 0.3) is 0 Å². The summed E-state index contributed by atoms with van der Waals surface area (Å²) in [5, 5.41) is 0. The van der Waals surface area contributed by atoms with E-state index in [-0.39, 0.29) is 11.7 Å². The van der Waals surface area contributed by atoms with Crippen molar-refractivity contribution < 1.29 is 14.0 Å². The molecule has 0 aromatic carbocycles. The summed E-state index contributed by atoms with van der Waals surface area (Å²) in [6, 6.07) is 3.30. The Balaban J connectivity index is 2.26. The van der Waals surface area contributed by atoms with E-state index in [1.54, 1.807) is 30.9 Å². The first-order valence-corrected chi connectivity index (χ1v) is 5.42. The molecule has 2 heterocycles. The maximum Gasteiger partial charge on any atom is 0.290 e. The van der Waals surface area contributed by atoms with Gasteiger partial charge in [0, 0.05) is 13.0 Å². The number of hydrogen-bond donors (Lipinski definition) is 0. The summed E-state index contributed by atoms with van der Waals surface area (Å²) in [7, 11) is 0. The topological polar surface area (TPSA) is 50.5 Å². The molecule has 4 nitrogen and oxygen atoms in total. The van der Waals surface area contributed by atoms with E-state index in [4.69, 9.17) is 4.42 Å². The molecule has 4 heteroatoms. The van der Waals surface area contributed by atoms with Crippen LogP contribution in [0.4, 0.5) is 0 Å². The van der Waals surface area contributed by atoms with Crippen molar-refractivity contribution in [3.05, 3.63) is 24.2 Å². The van der Waals surface area contributed by atoms with Gasteiger partial charge in [-0.2, -0.15) is 0 Å². The fraction of sp³-hybridized carbons (Fsp3) is 0.500. The van der Waals surface area contributed by atoms with E-state index in [0.717, 1.165) is 6.42 Å². The van der Waals surface area contributed by atoms with Gasteiger partial charge in [0.05, 0.1) is 11.8 Å². The Morgan fingerprint density at radius 1 is 1.50 bits per heavy atom.